The molecule has 0 bridgehead atoms. The molecule has 1 heterocycles. The van der Waals surface area contributed by atoms with E-state index in [1.807, 2.05) is 6.92 Å². The fraction of sp³-hybridized carbons (Fsp3) is 0.429. The van der Waals surface area contributed by atoms with E-state index in [-0.39, 0.29) is 0 Å². The second-order valence-corrected chi connectivity index (χ2v) is 4.41. The van der Waals surface area contributed by atoms with Gasteiger partial charge in [-0.3, -0.25) is 0 Å². The Kier molecular flexibility index (Phi) is 2.64. The van der Waals surface area contributed by atoms with Crippen LogP contribution in [0.2, 0.25) is 0 Å². The van der Waals surface area contributed by atoms with Gasteiger partial charge in [0, 0.05) is 11.1 Å². The lowest BCUT2D eigenvalue weighted by Gasteiger charge is -2.06. The molecule has 0 aliphatic rings. The van der Waals surface area contributed by atoms with Crippen molar-refractivity contribution >= 4 is 29.5 Å². The maximum absolute atomic E-state index is 10.6. The lowest BCUT2D eigenvalue weighted by Crippen LogP contribution is -2.14. The number of hydrogen-bond donors (Lipinski definition) is 1. The van der Waals surface area contributed by atoms with E-state index < -0.39 is 12.0 Å². The number of rotatable bonds is 2. The molecule has 0 saturated carbocycles. The summed E-state index contributed by atoms with van der Waals surface area (Å²) in [6.45, 7) is 3.52. The van der Waals surface area contributed by atoms with Crippen molar-refractivity contribution < 1.29 is 9.90 Å². The Hall–Kier alpha value is -0.680. The first kappa shape index (κ1) is 9.41. The van der Waals surface area contributed by atoms with Gasteiger partial charge in [0.2, 0.25) is 0 Å². The van der Waals surface area contributed by atoms with Gasteiger partial charge in [0.1, 0.15) is 6.04 Å². The van der Waals surface area contributed by atoms with Crippen LogP contribution in [0, 0.1) is 10.9 Å². The summed E-state index contributed by atoms with van der Waals surface area (Å²) in [6, 6.07) is -0.567. The highest BCUT2D eigenvalue weighted by molar-refractivity contribution is 7.73. The Bertz CT molecular complexity index is 353. The summed E-state index contributed by atoms with van der Waals surface area (Å²) >= 11 is 6.42. The van der Waals surface area contributed by atoms with Crippen LogP contribution >= 0.6 is 23.6 Å². The third-order valence-electron chi connectivity index (χ3n) is 1.55. The van der Waals surface area contributed by atoms with Gasteiger partial charge in [-0.25, -0.2) is 4.79 Å². The van der Waals surface area contributed by atoms with E-state index in [2.05, 4.69) is 0 Å². The van der Waals surface area contributed by atoms with Gasteiger partial charge in [-0.1, -0.05) is 0 Å². The molecule has 3 nitrogen and oxygen atoms in total. The van der Waals surface area contributed by atoms with Gasteiger partial charge >= 0.3 is 5.97 Å². The number of nitrogens with zero attached hydrogens (tertiary/aromatic N) is 1. The second kappa shape index (κ2) is 3.37. The lowest BCUT2D eigenvalue weighted by atomic mass is 10.3. The highest BCUT2D eigenvalue weighted by Crippen LogP contribution is 2.16. The molecule has 0 amide bonds. The maximum Gasteiger partial charge on any atom is 0.326 e. The van der Waals surface area contributed by atoms with Crippen LogP contribution in [0.15, 0.2) is 6.20 Å². The lowest BCUT2D eigenvalue weighted by molar-refractivity contribution is -0.140. The minimum absolute atomic E-state index is 0.567. The predicted molar refractivity (Wildman–Crippen MR) is 50.2 cm³/mol. The van der Waals surface area contributed by atoms with E-state index >= 15 is 0 Å². The zero-order valence-electron chi connectivity index (χ0n) is 6.77. The fourth-order valence-electron chi connectivity index (χ4n) is 0.854. The van der Waals surface area contributed by atoms with Crippen molar-refractivity contribution in [1.29, 1.82) is 0 Å². The molecule has 12 heavy (non-hydrogen) atoms. The predicted octanol–water partition coefficient (Wildman–Crippen LogP) is 2.23. The summed E-state index contributed by atoms with van der Waals surface area (Å²) < 4.78 is 2.21. The van der Waals surface area contributed by atoms with Crippen molar-refractivity contribution in [3.8, 4) is 0 Å². The third kappa shape index (κ3) is 1.73. The topological polar surface area (TPSA) is 42.2 Å². The van der Waals surface area contributed by atoms with E-state index in [4.69, 9.17) is 17.3 Å². The Morgan fingerprint density at radius 1 is 1.83 bits per heavy atom. The standard InChI is InChI=1S/C7H9NO2S2/c1-4-3-8(7(11)12-4)5(2)6(9)10/h3,5H,1-2H3,(H,9,10). The maximum atomic E-state index is 10.6. The summed E-state index contributed by atoms with van der Waals surface area (Å²) in [6.07, 6.45) is 1.77. The molecule has 1 atom stereocenters. The Morgan fingerprint density at radius 3 is 2.75 bits per heavy atom. The quantitative estimate of drug-likeness (QED) is 0.749. The molecule has 1 aromatic rings. The molecule has 1 N–H and O–H groups in total. The van der Waals surface area contributed by atoms with Crippen LogP contribution < -0.4 is 0 Å². The van der Waals surface area contributed by atoms with Crippen LogP contribution in [-0.4, -0.2) is 15.6 Å². The van der Waals surface area contributed by atoms with Gasteiger partial charge in [0.25, 0.3) is 0 Å². The monoisotopic (exact) mass is 203 g/mol. The molecule has 0 spiro atoms. The van der Waals surface area contributed by atoms with Gasteiger partial charge in [-0.15, -0.1) is 11.3 Å². The molecular weight excluding hydrogens is 194 g/mol. The molecule has 1 unspecified atom stereocenters. The third-order valence-corrected chi connectivity index (χ3v) is 2.83. The zero-order valence-corrected chi connectivity index (χ0v) is 8.41. The van der Waals surface area contributed by atoms with Crippen molar-refractivity contribution in [1.82, 2.24) is 4.57 Å². The summed E-state index contributed by atoms with van der Waals surface area (Å²) in [4.78, 5) is 11.6. The van der Waals surface area contributed by atoms with Crippen LogP contribution in [0.25, 0.3) is 0 Å². The molecule has 0 saturated heterocycles. The summed E-state index contributed by atoms with van der Waals surface area (Å²) in [7, 11) is 0. The van der Waals surface area contributed by atoms with Gasteiger partial charge in [-0.2, -0.15) is 0 Å². The molecule has 0 aromatic carbocycles. The number of aromatic nitrogens is 1. The first-order chi connectivity index (χ1) is 5.52. The van der Waals surface area contributed by atoms with Gasteiger partial charge in [0.15, 0.2) is 3.95 Å². The largest absolute Gasteiger partial charge is 0.480 e. The summed E-state index contributed by atoms with van der Waals surface area (Å²) in [5.41, 5.74) is 0. The molecule has 0 aliphatic heterocycles. The van der Waals surface area contributed by atoms with E-state index in [9.17, 15) is 4.79 Å². The van der Waals surface area contributed by atoms with Crippen LogP contribution in [0.5, 0.6) is 0 Å². The smallest absolute Gasteiger partial charge is 0.326 e. The highest BCUT2D eigenvalue weighted by Gasteiger charge is 2.13. The van der Waals surface area contributed by atoms with Gasteiger partial charge in [0.05, 0.1) is 0 Å². The molecule has 0 fully saturated rings. The Balaban J connectivity index is 3.10. The van der Waals surface area contributed by atoms with Gasteiger partial charge in [-0.05, 0) is 26.1 Å². The van der Waals surface area contributed by atoms with E-state index in [1.165, 1.54) is 11.3 Å². The van der Waals surface area contributed by atoms with Crippen molar-refractivity contribution in [3.63, 3.8) is 0 Å². The molecule has 0 aliphatic carbocycles. The van der Waals surface area contributed by atoms with E-state index in [1.54, 1.807) is 17.7 Å². The number of thiazole rings is 1. The Labute approximate surface area is 79.3 Å². The number of carboxylic acids is 1. The van der Waals surface area contributed by atoms with Crippen LogP contribution in [-0.2, 0) is 4.79 Å². The fourth-order valence-corrected chi connectivity index (χ4v) is 2.22. The number of aryl methyl sites for hydroxylation is 1. The molecule has 5 heteroatoms. The van der Waals surface area contributed by atoms with Gasteiger partial charge < -0.3 is 9.67 Å². The highest BCUT2D eigenvalue weighted by atomic mass is 32.1. The summed E-state index contributed by atoms with van der Waals surface area (Å²) in [5, 5.41) is 8.71. The first-order valence-electron chi connectivity index (χ1n) is 3.43. The second-order valence-electron chi connectivity index (χ2n) is 2.53. The summed E-state index contributed by atoms with van der Waals surface area (Å²) in [5.74, 6) is -0.858. The van der Waals surface area contributed by atoms with Crippen molar-refractivity contribution in [2.75, 3.05) is 0 Å². The van der Waals surface area contributed by atoms with Crippen LogP contribution in [0.1, 0.15) is 17.8 Å². The normalized spacial score (nSPS) is 12.8. The molecule has 0 radical (unpaired) electrons. The van der Waals surface area contributed by atoms with Crippen LogP contribution in [0.4, 0.5) is 0 Å². The SMILES string of the molecule is Cc1cn(C(C)C(=O)O)c(=S)s1. The van der Waals surface area contributed by atoms with Crippen LogP contribution in [0.3, 0.4) is 0 Å². The number of carbonyl (C=O) groups is 1. The minimum Gasteiger partial charge on any atom is -0.480 e. The average Bonchev–Trinajstić information content (AvgIpc) is 2.28. The zero-order chi connectivity index (χ0) is 9.30. The number of aliphatic carboxylic acids is 1. The van der Waals surface area contributed by atoms with Crippen molar-refractivity contribution in [3.05, 3.63) is 15.0 Å². The number of carboxylic acid groups (broad SMARTS) is 1. The van der Waals surface area contributed by atoms with Crippen molar-refractivity contribution in [2.45, 2.75) is 19.9 Å². The molecule has 66 valence electrons. The minimum atomic E-state index is -0.858. The average molecular weight is 203 g/mol. The van der Waals surface area contributed by atoms with Crippen molar-refractivity contribution in [2.24, 2.45) is 0 Å². The number of hydrogen-bond acceptors (Lipinski definition) is 3. The Morgan fingerprint density at radius 2 is 2.42 bits per heavy atom. The van der Waals surface area contributed by atoms with E-state index in [0.717, 1.165) is 4.88 Å². The van der Waals surface area contributed by atoms with E-state index in [0.29, 0.717) is 3.95 Å². The molecule has 1 aromatic heterocycles. The first-order valence-corrected chi connectivity index (χ1v) is 4.66. The molecule has 1 rings (SSSR count). The molecular formula is C7H9NO2S2.